The third-order valence-electron chi connectivity index (χ3n) is 7.04. The Hall–Kier alpha value is -3.22. The molecule has 1 N–H and O–H groups in total. The van der Waals surface area contributed by atoms with Gasteiger partial charge in [0.2, 0.25) is 5.91 Å². The molecule has 2 heterocycles. The molecule has 174 valence electrons. The smallest absolute Gasteiger partial charge is 0.325 e. The van der Waals surface area contributed by atoms with Crippen LogP contribution in [0.1, 0.15) is 50.2 Å². The second kappa shape index (κ2) is 10.1. The van der Waals surface area contributed by atoms with Crippen LogP contribution in [-0.2, 0) is 22.6 Å². The predicted octanol–water partition coefficient (Wildman–Crippen LogP) is 3.54. The minimum atomic E-state index is -0.832. The first kappa shape index (κ1) is 23.0. The first-order chi connectivity index (χ1) is 16.0. The maximum Gasteiger partial charge on any atom is 0.325 e. The molecule has 1 aromatic carbocycles. The van der Waals surface area contributed by atoms with Crippen LogP contribution in [0.25, 0.3) is 0 Å². The number of imide groups is 1. The molecule has 1 aliphatic heterocycles. The summed E-state index contributed by atoms with van der Waals surface area (Å²) >= 11 is 0. The van der Waals surface area contributed by atoms with Crippen LogP contribution in [0, 0.1) is 5.92 Å². The Balaban J connectivity index is 1.45. The monoisotopic (exact) mass is 448 g/mol. The summed E-state index contributed by atoms with van der Waals surface area (Å²) in [4.78, 5) is 46.3. The van der Waals surface area contributed by atoms with Gasteiger partial charge in [0.25, 0.3) is 5.91 Å². The zero-order valence-electron chi connectivity index (χ0n) is 19.2. The van der Waals surface area contributed by atoms with E-state index in [9.17, 15) is 14.4 Å². The fourth-order valence-corrected chi connectivity index (χ4v) is 4.89. The summed E-state index contributed by atoms with van der Waals surface area (Å²) in [5.41, 5.74) is 1.20. The van der Waals surface area contributed by atoms with E-state index in [1.807, 2.05) is 42.5 Å². The van der Waals surface area contributed by atoms with Crippen LogP contribution < -0.4 is 5.32 Å². The summed E-state index contributed by atoms with van der Waals surface area (Å²) in [6.07, 6.45) is 8.35. The highest BCUT2D eigenvalue weighted by Crippen LogP contribution is 2.37. The highest BCUT2D eigenvalue weighted by molar-refractivity contribution is 6.09. The van der Waals surface area contributed by atoms with Crippen molar-refractivity contribution in [3.05, 3.63) is 66.0 Å². The Morgan fingerprint density at radius 3 is 2.52 bits per heavy atom. The summed E-state index contributed by atoms with van der Waals surface area (Å²) in [6, 6.07) is 13.3. The Morgan fingerprint density at radius 1 is 1.12 bits per heavy atom. The molecule has 2 aliphatic rings. The first-order valence-corrected chi connectivity index (χ1v) is 11.9. The van der Waals surface area contributed by atoms with Gasteiger partial charge >= 0.3 is 6.03 Å². The van der Waals surface area contributed by atoms with E-state index in [0.717, 1.165) is 35.3 Å². The van der Waals surface area contributed by atoms with Crippen molar-refractivity contribution in [1.82, 2.24) is 20.1 Å². The van der Waals surface area contributed by atoms with Crippen molar-refractivity contribution >= 4 is 17.8 Å². The van der Waals surface area contributed by atoms with Gasteiger partial charge < -0.3 is 10.2 Å². The van der Waals surface area contributed by atoms with Gasteiger partial charge in [-0.3, -0.25) is 19.5 Å². The lowest BCUT2D eigenvalue weighted by atomic mass is 9.75. The number of pyridine rings is 1. The molecule has 7 heteroatoms. The van der Waals surface area contributed by atoms with E-state index in [1.165, 1.54) is 0 Å². The Bertz CT molecular complexity index is 972. The molecule has 4 amide bonds. The molecule has 2 aromatic rings. The Kier molecular flexibility index (Phi) is 7.06. The lowest BCUT2D eigenvalue weighted by Gasteiger charge is -2.34. The molecule has 1 saturated carbocycles. The number of rotatable bonds is 8. The number of nitrogens with zero attached hydrogens (tertiary/aromatic N) is 3. The molecule has 2 fully saturated rings. The summed E-state index contributed by atoms with van der Waals surface area (Å²) in [6.45, 7) is 2.80. The van der Waals surface area contributed by atoms with Gasteiger partial charge in [0.05, 0.1) is 0 Å². The molecule has 4 rings (SSSR count). The molecule has 7 nitrogen and oxygen atoms in total. The van der Waals surface area contributed by atoms with E-state index in [4.69, 9.17) is 0 Å². The van der Waals surface area contributed by atoms with Crippen molar-refractivity contribution in [3.63, 3.8) is 0 Å². The molecular weight excluding hydrogens is 416 g/mol. The van der Waals surface area contributed by atoms with E-state index < -0.39 is 11.6 Å². The average Bonchev–Trinajstić information content (AvgIpc) is 3.07. The molecule has 1 saturated heterocycles. The number of aromatic nitrogens is 1. The van der Waals surface area contributed by atoms with Crippen LogP contribution >= 0.6 is 0 Å². The van der Waals surface area contributed by atoms with Crippen molar-refractivity contribution in [1.29, 1.82) is 0 Å². The van der Waals surface area contributed by atoms with Crippen molar-refractivity contribution in [2.45, 2.75) is 57.5 Å². The SMILES string of the molecule is CCC1CCC2(CC1)NC(=O)N(CC(=O)N(CCc1ccccc1)Cc1cccnc1)C2=O. The zero-order chi connectivity index (χ0) is 23.3. The average molecular weight is 449 g/mol. The first-order valence-electron chi connectivity index (χ1n) is 11.9. The van der Waals surface area contributed by atoms with Gasteiger partial charge in [-0.15, -0.1) is 0 Å². The van der Waals surface area contributed by atoms with Crippen LogP contribution in [0.3, 0.4) is 0 Å². The standard InChI is InChI=1S/C26H32N4O3/c1-2-20-10-13-26(14-11-20)24(32)30(25(33)28-26)19-23(31)29(18-22-9-6-15-27-17-22)16-12-21-7-4-3-5-8-21/h3-9,15,17,20H,2,10-14,16,18-19H2,1H3,(H,28,33). The zero-order valence-corrected chi connectivity index (χ0v) is 19.2. The number of carbonyl (C=O) groups is 3. The third-order valence-corrected chi connectivity index (χ3v) is 7.04. The lowest BCUT2D eigenvalue weighted by Crippen LogP contribution is -2.50. The maximum absolute atomic E-state index is 13.3. The summed E-state index contributed by atoms with van der Waals surface area (Å²) in [5.74, 6) is 0.112. The number of carbonyl (C=O) groups excluding carboxylic acids is 3. The normalized spacial score (nSPS) is 22.5. The van der Waals surface area contributed by atoms with Crippen LogP contribution in [0.5, 0.6) is 0 Å². The van der Waals surface area contributed by atoms with E-state index in [-0.39, 0.29) is 18.4 Å². The molecular formula is C26H32N4O3. The van der Waals surface area contributed by atoms with Gasteiger partial charge in [0.15, 0.2) is 0 Å². The molecule has 33 heavy (non-hydrogen) atoms. The molecule has 0 radical (unpaired) electrons. The number of hydrogen-bond acceptors (Lipinski definition) is 4. The van der Waals surface area contributed by atoms with E-state index in [1.54, 1.807) is 17.3 Å². The second-order valence-corrected chi connectivity index (χ2v) is 9.17. The van der Waals surface area contributed by atoms with Crippen LogP contribution in [0.4, 0.5) is 4.79 Å². The van der Waals surface area contributed by atoms with Gasteiger partial charge in [-0.1, -0.05) is 49.7 Å². The summed E-state index contributed by atoms with van der Waals surface area (Å²) < 4.78 is 0. The van der Waals surface area contributed by atoms with Gasteiger partial charge in [0, 0.05) is 25.5 Å². The Labute approximate surface area is 195 Å². The predicted molar refractivity (Wildman–Crippen MR) is 125 cm³/mol. The summed E-state index contributed by atoms with van der Waals surface area (Å²) in [7, 11) is 0. The van der Waals surface area contributed by atoms with E-state index in [2.05, 4.69) is 17.2 Å². The van der Waals surface area contributed by atoms with Crippen LogP contribution in [0.2, 0.25) is 0 Å². The minimum absolute atomic E-state index is 0.237. The molecule has 0 atom stereocenters. The summed E-state index contributed by atoms with van der Waals surface area (Å²) in [5, 5.41) is 2.92. The van der Waals surface area contributed by atoms with Crippen molar-refractivity contribution in [3.8, 4) is 0 Å². The number of nitrogens with one attached hydrogen (secondary N) is 1. The largest absolute Gasteiger partial charge is 0.336 e. The topological polar surface area (TPSA) is 82.6 Å². The fourth-order valence-electron chi connectivity index (χ4n) is 4.89. The minimum Gasteiger partial charge on any atom is -0.336 e. The van der Waals surface area contributed by atoms with Gasteiger partial charge in [-0.2, -0.15) is 0 Å². The van der Waals surface area contributed by atoms with Crippen LogP contribution in [0.15, 0.2) is 54.9 Å². The maximum atomic E-state index is 13.3. The van der Waals surface area contributed by atoms with Crippen LogP contribution in [-0.4, -0.2) is 51.3 Å². The number of benzene rings is 1. The third kappa shape index (κ3) is 5.24. The fraction of sp³-hybridized carbons (Fsp3) is 0.462. The highest BCUT2D eigenvalue weighted by Gasteiger charge is 2.52. The van der Waals surface area contributed by atoms with E-state index >= 15 is 0 Å². The second-order valence-electron chi connectivity index (χ2n) is 9.17. The molecule has 0 unspecified atom stereocenters. The van der Waals surface area contributed by atoms with Gasteiger partial charge in [0.1, 0.15) is 12.1 Å². The molecule has 1 spiro atoms. The molecule has 0 bridgehead atoms. The Morgan fingerprint density at radius 2 is 1.85 bits per heavy atom. The highest BCUT2D eigenvalue weighted by atomic mass is 16.2. The quantitative estimate of drug-likeness (QED) is 0.626. The van der Waals surface area contributed by atoms with Crippen molar-refractivity contribution in [2.75, 3.05) is 13.1 Å². The van der Waals surface area contributed by atoms with Crippen molar-refractivity contribution in [2.24, 2.45) is 5.92 Å². The van der Waals surface area contributed by atoms with Crippen molar-refractivity contribution < 1.29 is 14.4 Å². The van der Waals surface area contributed by atoms with Gasteiger partial charge in [-0.25, -0.2) is 4.79 Å². The number of amides is 4. The molecule has 1 aromatic heterocycles. The number of urea groups is 1. The number of hydrogen-bond donors (Lipinski definition) is 1. The lowest BCUT2D eigenvalue weighted by molar-refractivity contribution is -0.140. The molecule has 1 aliphatic carbocycles. The van der Waals surface area contributed by atoms with E-state index in [0.29, 0.717) is 38.3 Å². The van der Waals surface area contributed by atoms with Gasteiger partial charge in [-0.05, 0) is 55.2 Å².